The minimum atomic E-state index is -0.422. The molecular weight excluding hydrogens is 338 g/mol. The molecule has 9 nitrogen and oxygen atoms in total. The van der Waals surface area contributed by atoms with E-state index in [4.69, 9.17) is 4.74 Å². The normalized spacial score (nSPS) is 14.7. The fraction of sp³-hybridized carbons (Fsp3) is 0.294. The molecule has 1 aromatic heterocycles. The van der Waals surface area contributed by atoms with Gasteiger partial charge in [0.05, 0.1) is 17.7 Å². The highest BCUT2D eigenvalue weighted by Crippen LogP contribution is 2.36. The number of ether oxygens (including phenoxy) is 1. The van der Waals surface area contributed by atoms with Crippen LogP contribution in [0.15, 0.2) is 41.0 Å². The maximum atomic E-state index is 11.6. The van der Waals surface area contributed by atoms with E-state index < -0.39 is 4.92 Å². The van der Waals surface area contributed by atoms with E-state index in [1.165, 1.54) is 0 Å². The zero-order valence-electron chi connectivity index (χ0n) is 14.2. The van der Waals surface area contributed by atoms with Crippen molar-refractivity contribution in [2.75, 3.05) is 43.1 Å². The zero-order chi connectivity index (χ0) is 18.1. The lowest BCUT2D eigenvalue weighted by Gasteiger charge is -2.37. The minimum Gasteiger partial charge on any atom is -0.495 e. The Hall–Kier alpha value is -3.36. The van der Waals surface area contributed by atoms with E-state index in [0.29, 0.717) is 24.3 Å². The Morgan fingerprint density at radius 3 is 2.42 bits per heavy atom. The molecule has 1 aliphatic heterocycles. The first-order valence-electron chi connectivity index (χ1n) is 8.21. The number of benzene rings is 2. The van der Waals surface area contributed by atoms with Gasteiger partial charge in [-0.1, -0.05) is 12.1 Å². The molecule has 26 heavy (non-hydrogen) atoms. The zero-order valence-corrected chi connectivity index (χ0v) is 14.2. The first-order valence-corrected chi connectivity index (χ1v) is 8.21. The fourth-order valence-electron chi connectivity index (χ4n) is 3.34. The van der Waals surface area contributed by atoms with Crippen LogP contribution in [0.1, 0.15) is 0 Å². The van der Waals surface area contributed by atoms with Crippen molar-refractivity contribution in [1.29, 1.82) is 0 Å². The van der Waals surface area contributed by atoms with Crippen LogP contribution in [0.5, 0.6) is 5.75 Å². The summed E-state index contributed by atoms with van der Waals surface area (Å²) in [6.07, 6.45) is 0. The predicted octanol–water partition coefficient (Wildman–Crippen LogP) is 2.47. The number of fused-ring (bicyclic) bond motifs is 1. The molecule has 1 aliphatic rings. The van der Waals surface area contributed by atoms with Crippen molar-refractivity contribution in [3.05, 3.63) is 46.5 Å². The van der Waals surface area contributed by atoms with Gasteiger partial charge in [0, 0.05) is 26.2 Å². The maximum Gasteiger partial charge on any atom is 0.323 e. The van der Waals surface area contributed by atoms with Crippen molar-refractivity contribution in [1.82, 2.24) is 10.3 Å². The van der Waals surface area contributed by atoms with Gasteiger partial charge in [-0.3, -0.25) is 10.1 Å². The number of rotatable bonds is 4. The molecule has 4 rings (SSSR count). The van der Waals surface area contributed by atoms with Gasteiger partial charge in [0.25, 0.3) is 0 Å². The summed E-state index contributed by atoms with van der Waals surface area (Å²) >= 11 is 0. The topological polar surface area (TPSA) is 97.8 Å². The molecule has 0 bridgehead atoms. The van der Waals surface area contributed by atoms with E-state index >= 15 is 0 Å². The summed E-state index contributed by atoms with van der Waals surface area (Å²) in [5.74, 6) is 0.821. The molecule has 0 atom stereocenters. The van der Waals surface area contributed by atoms with Gasteiger partial charge in [-0.2, -0.15) is 0 Å². The lowest BCUT2D eigenvalue weighted by atomic mass is 10.1. The average Bonchev–Trinajstić information content (AvgIpc) is 3.16. The van der Waals surface area contributed by atoms with Gasteiger partial charge in [0.2, 0.25) is 5.52 Å². The molecule has 3 aromatic rings. The number of hydrogen-bond donors (Lipinski definition) is 0. The minimum absolute atomic E-state index is 0.0607. The number of nitro groups is 1. The lowest BCUT2D eigenvalue weighted by Crippen LogP contribution is -2.46. The van der Waals surface area contributed by atoms with Crippen LogP contribution in [0, 0.1) is 10.1 Å². The van der Waals surface area contributed by atoms with Gasteiger partial charge < -0.3 is 14.5 Å². The highest BCUT2D eigenvalue weighted by Gasteiger charge is 2.28. The van der Waals surface area contributed by atoms with Gasteiger partial charge in [-0.25, -0.2) is 4.63 Å². The lowest BCUT2D eigenvalue weighted by molar-refractivity contribution is -0.382. The Kier molecular flexibility index (Phi) is 4.04. The summed E-state index contributed by atoms with van der Waals surface area (Å²) in [4.78, 5) is 15.4. The standard InChI is InChI=1S/C17H17N5O4/c1-25-15-5-3-2-4-13(15)20-8-10-21(11-9-20)14-7-6-12-16(19-26-18-12)17(14)22(23)24/h2-7H,8-11H2,1H3. The molecule has 134 valence electrons. The molecule has 1 fully saturated rings. The monoisotopic (exact) mass is 355 g/mol. The molecule has 2 aromatic carbocycles. The molecule has 2 heterocycles. The molecule has 0 aliphatic carbocycles. The second kappa shape index (κ2) is 6.51. The first kappa shape index (κ1) is 16.1. The Morgan fingerprint density at radius 2 is 1.73 bits per heavy atom. The Balaban J connectivity index is 1.60. The summed E-state index contributed by atoms with van der Waals surface area (Å²) in [5, 5.41) is 19.0. The van der Waals surface area contributed by atoms with E-state index in [0.717, 1.165) is 24.5 Å². The van der Waals surface area contributed by atoms with Crippen molar-refractivity contribution in [2.24, 2.45) is 0 Å². The fourth-order valence-corrected chi connectivity index (χ4v) is 3.34. The smallest absolute Gasteiger partial charge is 0.323 e. The Morgan fingerprint density at radius 1 is 1.04 bits per heavy atom. The number of anilines is 2. The number of nitrogens with zero attached hydrogens (tertiary/aromatic N) is 5. The molecule has 0 spiro atoms. The third-order valence-corrected chi connectivity index (χ3v) is 4.61. The van der Waals surface area contributed by atoms with E-state index in [2.05, 4.69) is 19.8 Å². The molecular formula is C17H17N5O4. The third kappa shape index (κ3) is 2.67. The van der Waals surface area contributed by atoms with Crippen LogP contribution in [-0.2, 0) is 0 Å². The molecule has 1 saturated heterocycles. The van der Waals surface area contributed by atoms with Crippen LogP contribution in [0.25, 0.3) is 11.0 Å². The van der Waals surface area contributed by atoms with Gasteiger partial charge in [-0.15, -0.1) is 0 Å². The highest BCUT2D eigenvalue weighted by atomic mass is 16.6. The average molecular weight is 355 g/mol. The quantitative estimate of drug-likeness (QED) is 0.520. The van der Waals surface area contributed by atoms with Crippen LogP contribution in [-0.4, -0.2) is 48.5 Å². The van der Waals surface area contributed by atoms with Gasteiger partial charge >= 0.3 is 5.69 Å². The van der Waals surface area contributed by atoms with Crippen molar-refractivity contribution >= 4 is 28.1 Å². The van der Waals surface area contributed by atoms with E-state index in [1.807, 2.05) is 29.2 Å². The van der Waals surface area contributed by atoms with Gasteiger partial charge in [0.15, 0.2) is 0 Å². The number of methoxy groups -OCH3 is 1. The van der Waals surface area contributed by atoms with Gasteiger partial charge in [0.1, 0.15) is 17.0 Å². The van der Waals surface area contributed by atoms with E-state index in [-0.39, 0.29) is 11.2 Å². The van der Waals surface area contributed by atoms with E-state index in [1.54, 1.807) is 19.2 Å². The molecule has 0 saturated carbocycles. The molecule has 9 heteroatoms. The van der Waals surface area contributed by atoms with Crippen molar-refractivity contribution in [2.45, 2.75) is 0 Å². The summed E-state index contributed by atoms with van der Waals surface area (Å²) < 4.78 is 10.1. The van der Waals surface area contributed by atoms with Crippen LogP contribution < -0.4 is 14.5 Å². The highest BCUT2D eigenvalue weighted by molar-refractivity contribution is 5.91. The predicted molar refractivity (Wildman–Crippen MR) is 95.9 cm³/mol. The summed E-state index contributed by atoms with van der Waals surface area (Å²) in [6, 6.07) is 11.3. The number of hydrogen-bond acceptors (Lipinski definition) is 8. The van der Waals surface area contributed by atoms with Crippen LogP contribution in [0.2, 0.25) is 0 Å². The number of piperazine rings is 1. The van der Waals surface area contributed by atoms with Gasteiger partial charge in [-0.05, 0) is 34.6 Å². The number of nitro benzene ring substituents is 1. The van der Waals surface area contributed by atoms with E-state index in [9.17, 15) is 10.1 Å². The Labute approximate surface area is 148 Å². The summed E-state index contributed by atoms with van der Waals surface area (Å²) in [7, 11) is 1.65. The second-order valence-electron chi connectivity index (χ2n) is 5.97. The summed E-state index contributed by atoms with van der Waals surface area (Å²) in [5.41, 5.74) is 2.07. The first-order chi connectivity index (χ1) is 12.7. The maximum absolute atomic E-state index is 11.6. The van der Waals surface area contributed by atoms with Crippen LogP contribution in [0.4, 0.5) is 17.1 Å². The molecule has 0 N–H and O–H groups in total. The van der Waals surface area contributed by atoms with Crippen molar-refractivity contribution in [3.63, 3.8) is 0 Å². The Bertz CT molecular complexity index is 949. The summed E-state index contributed by atoms with van der Waals surface area (Å²) in [6.45, 7) is 2.75. The van der Waals surface area contributed by atoms with Crippen molar-refractivity contribution < 1.29 is 14.3 Å². The molecule has 0 unspecified atom stereocenters. The number of para-hydroxylation sites is 2. The largest absolute Gasteiger partial charge is 0.495 e. The van der Waals surface area contributed by atoms with Crippen LogP contribution >= 0.6 is 0 Å². The third-order valence-electron chi connectivity index (χ3n) is 4.61. The second-order valence-corrected chi connectivity index (χ2v) is 5.97. The number of aromatic nitrogens is 2. The van der Waals surface area contributed by atoms with Crippen molar-refractivity contribution in [3.8, 4) is 5.75 Å². The molecule has 0 radical (unpaired) electrons. The molecule has 0 amide bonds. The SMILES string of the molecule is COc1ccccc1N1CCN(c2ccc3nonc3c2[N+](=O)[O-])CC1. The van der Waals surface area contributed by atoms with Crippen LogP contribution in [0.3, 0.4) is 0 Å².